The molecule has 3 heterocycles. The lowest BCUT2D eigenvalue weighted by Gasteiger charge is -2.56. The maximum absolute atomic E-state index is 11.5. The normalized spacial score (nSPS) is 42.4. The van der Waals surface area contributed by atoms with Crippen molar-refractivity contribution in [3.63, 3.8) is 0 Å². The van der Waals surface area contributed by atoms with E-state index in [-0.39, 0.29) is 23.5 Å². The van der Waals surface area contributed by atoms with Crippen molar-refractivity contribution in [3.05, 3.63) is 12.2 Å². The smallest absolute Gasteiger partial charge is 0.209 e. The van der Waals surface area contributed by atoms with E-state index in [9.17, 15) is 20.4 Å². The van der Waals surface area contributed by atoms with E-state index >= 15 is 0 Å². The number of hydrogen-bond donors (Lipinski definition) is 5. The topological polar surface area (TPSA) is 160 Å². The van der Waals surface area contributed by atoms with E-state index in [2.05, 4.69) is 26.8 Å². The van der Waals surface area contributed by atoms with Crippen LogP contribution in [0.2, 0.25) is 0 Å². The van der Waals surface area contributed by atoms with Gasteiger partial charge >= 0.3 is 0 Å². The van der Waals surface area contributed by atoms with Crippen LogP contribution in [0.5, 0.6) is 0 Å². The van der Waals surface area contributed by atoms with Crippen molar-refractivity contribution in [3.8, 4) is 11.8 Å². The Hall–Kier alpha value is -2.29. The fourth-order valence-corrected chi connectivity index (χ4v) is 6.55. The molecule has 7 rings (SSSR count). The van der Waals surface area contributed by atoms with Crippen molar-refractivity contribution < 1.29 is 25.2 Å². The molecular formula is C22H27N5O5. The van der Waals surface area contributed by atoms with Crippen LogP contribution in [0.4, 0.5) is 5.82 Å². The number of nitrogens with two attached hydrogens (primary N) is 1. The van der Waals surface area contributed by atoms with Crippen LogP contribution in [-0.2, 0) is 4.74 Å². The number of nitrogens with zero attached hydrogens (tertiary/aromatic N) is 4. The average molecular weight is 441 g/mol. The van der Waals surface area contributed by atoms with E-state index in [1.54, 1.807) is 0 Å². The molecule has 2 unspecified atom stereocenters. The lowest BCUT2D eigenvalue weighted by molar-refractivity contribution is -0.136. The molecule has 2 aromatic heterocycles. The Morgan fingerprint density at radius 2 is 1.78 bits per heavy atom. The molecule has 2 aromatic rings. The summed E-state index contributed by atoms with van der Waals surface area (Å²) < 4.78 is 7.06. The second kappa shape index (κ2) is 7.10. The Labute approximate surface area is 184 Å². The minimum atomic E-state index is -1.27. The summed E-state index contributed by atoms with van der Waals surface area (Å²) >= 11 is 0. The third kappa shape index (κ3) is 2.89. The number of aliphatic hydroxyl groups excluding tert-OH is 3. The van der Waals surface area contributed by atoms with Crippen LogP contribution in [0.15, 0.2) is 6.33 Å². The Balaban J connectivity index is 1.35. The first-order chi connectivity index (χ1) is 15.4. The van der Waals surface area contributed by atoms with Gasteiger partial charge in [-0.25, -0.2) is 15.0 Å². The van der Waals surface area contributed by atoms with Gasteiger partial charge in [0.05, 0.1) is 12.9 Å². The van der Waals surface area contributed by atoms with Crippen LogP contribution in [-0.4, -0.2) is 70.5 Å². The number of rotatable bonds is 2. The summed E-state index contributed by atoms with van der Waals surface area (Å²) in [4.78, 5) is 12.9. The maximum Gasteiger partial charge on any atom is 0.209 e. The second-order valence-corrected chi connectivity index (χ2v) is 9.87. The molecule has 10 nitrogen and oxygen atoms in total. The predicted octanol–water partition coefficient (Wildman–Crippen LogP) is -0.441. The molecule has 1 saturated heterocycles. The lowest BCUT2D eigenvalue weighted by atomic mass is 9.50. The molecule has 1 aliphatic heterocycles. The van der Waals surface area contributed by atoms with Gasteiger partial charge in [-0.2, -0.15) is 0 Å². The van der Waals surface area contributed by atoms with Gasteiger partial charge in [-0.1, -0.05) is 5.92 Å². The Kier molecular flexibility index (Phi) is 4.51. The molecule has 10 heteroatoms. The van der Waals surface area contributed by atoms with Crippen LogP contribution >= 0.6 is 0 Å². The van der Waals surface area contributed by atoms with Crippen LogP contribution in [0, 0.1) is 35.5 Å². The number of nitrogen functional groups attached to an aromatic ring is 1. The van der Waals surface area contributed by atoms with Crippen molar-refractivity contribution in [1.29, 1.82) is 0 Å². The predicted molar refractivity (Wildman–Crippen MR) is 112 cm³/mol. The minimum absolute atomic E-state index is 0.127. The number of aromatic nitrogens is 4. The molecule has 4 bridgehead atoms. The van der Waals surface area contributed by atoms with E-state index < -0.39 is 36.7 Å². The van der Waals surface area contributed by atoms with E-state index in [4.69, 9.17) is 10.5 Å². The van der Waals surface area contributed by atoms with E-state index in [1.165, 1.54) is 17.3 Å². The largest absolute Gasteiger partial charge is 0.394 e. The van der Waals surface area contributed by atoms with Crippen LogP contribution in [0.1, 0.15) is 44.2 Å². The summed E-state index contributed by atoms with van der Waals surface area (Å²) in [5.74, 6) is 8.16. The zero-order valence-electron chi connectivity index (χ0n) is 17.5. The number of hydrogen-bond acceptors (Lipinski definition) is 9. The highest BCUT2D eigenvalue weighted by atomic mass is 16.6. The molecule has 32 heavy (non-hydrogen) atoms. The second-order valence-electron chi connectivity index (χ2n) is 9.87. The van der Waals surface area contributed by atoms with Gasteiger partial charge in [0.1, 0.15) is 29.4 Å². The monoisotopic (exact) mass is 441 g/mol. The first-order valence-electron chi connectivity index (χ1n) is 11.3. The third-order valence-electron chi connectivity index (χ3n) is 8.00. The fraction of sp³-hybridized carbons (Fsp3) is 0.682. The molecule has 170 valence electrons. The SMILES string of the molecule is Nc1nc(C#CC2(O)C3CC4CC(C3)CC2C4)nc2c1ncn2[C@@H]1O[C@H](CO)C(O)C1O. The Morgan fingerprint density at radius 1 is 1.09 bits per heavy atom. The number of ether oxygens (including phenoxy) is 1. The first-order valence-corrected chi connectivity index (χ1v) is 11.3. The third-order valence-corrected chi connectivity index (χ3v) is 8.00. The standard InChI is InChI=1S/C22H27N5O5/c23-19-16-20(27(9-24-16)21-18(30)17(29)14(8-28)32-21)26-15(25-19)1-2-22(31)12-4-10-3-11(6-12)7-13(22)5-10/h9-14,17-18,21,28-31H,3-8H2,(H2,23,25,26)/t10?,11?,12?,13?,14-,17?,18?,21-,22?/m1/s1. The zero-order chi connectivity index (χ0) is 22.2. The van der Waals surface area contributed by atoms with Gasteiger partial charge in [-0.3, -0.25) is 4.57 Å². The van der Waals surface area contributed by atoms with Crippen molar-refractivity contribution in [2.75, 3.05) is 12.3 Å². The van der Waals surface area contributed by atoms with Gasteiger partial charge in [0.25, 0.3) is 0 Å². The minimum Gasteiger partial charge on any atom is -0.394 e. The highest BCUT2D eigenvalue weighted by Crippen LogP contribution is 2.58. The van der Waals surface area contributed by atoms with Crippen molar-refractivity contribution in [1.82, 2.24) is 19.5 Å². The van der Waals surface area contributed by atoms with Gasteiger partial charge in [-0.15, -0.1) is 0 Å². The maximum atomic E-state index is 11.5. The summed E-state index contributed by atoms with van der Waals surface area (Å²) in [6.07, 6.45) is 2.37. The molecule has 0 radical (unpaired) electrons. The zero-order valence-corrected chi connectivity index (χ0v) is 17.5. The molecule has 0 spiro atoms. The van der Waals surface area contributed by atoms with E-state index in [0.29, 0.717) is 23.0 Å². The molecule has 5 fully saturated rings. The van der Waals surface area contributed by atoms with Gasteiger partial charge in [0.2, 0.25) is 5.82 Å². The summed E-state index contributed by atoms with van der Waals surface area (Å²) in [6, 6.07) is 0. The molecule has 4 saturated carbocycles. The molecule has 6 N–H and O–H groups in total. The molecule has 0 aromatic carbocycles. The van der Waals surface area contributed by atoms with Crippen LogP contribution in [0.25, 0.3) is 11.2 Å². The Morgan fingerprint density at radius 3 is 2.41 bits per heavy atom. The quantitative estimate of drug-likeness (QED) is 0.389. The summed E-state index contributed by atoms with van der Waals surface area (Å²) in [7, 11) is 0. The summed E-state index contributed by atoms with van der Waals surface area (Å²) in [6.45, 7) is -0.433. The van der Waals surface area contributed by atoms with Crippen molar-refractivity contribution in [2.45, 2.75) is 62.2 Å². The van der Waals surface area contributed by atoms with Crippen LogP contribution in [0.3, 0.4) is 0 Å². The summed E-state index contributed by atoms with van der Waals surface area (Å²) in [5.41, 5.74) is 5.69. The number of anilines is 1. The lowest BCUT2D eigenvalue weighted by Crippen LogP contribution is -2.56. The molecule has 5 aliphatic rings. The highest BCUT2D eigenvalue weighted by molar-refractivity contribution is 5.82. The van der Waals surface area contributed by atoms with Gasteiger partial charge in [0, 0.05) is 0 Å². The number of aliphatic hydroxyl groups is 4. The van der Waals surface area contributed by atoms with E-state index in [1.807, 2.05) is 0 Å². The fourth-order valence-electron chi connectivity index (χ4n) is 6.55. The average Bonchev–Trinajstić information content (AvgIpc) is 3.31. The Bertz CT molecular complexity index is 1100. The number of fused-ring (bicyclic) bond motifs is 1. The van der Waals surface area contributed by atoms with Crippen LogP contribution < -0.4 is 5.73 Å². The number of imidazole rings is 1. The molecule has 0 amide bonds. The van der Waals surface area contributed by atoms with Crippen molar-refractivity contribution in [2.24, 2.45) is 23.7 Å². The molecule has 4 atom stereocenters. The van der Waals surface area contributed by atoms with Crippen molar-refractivity contribution >= 4 is 17.0 Å². The first kappa shape index (κ1) is 20.3. The molecule has 4 aliphatic carbocycles. The van der Waals surface area contributed by atoms with Gasteiger partial charge in [0.15, 0.2) is 17.7 Å². The van der Waals surface area contributed by atoms with Gasteiger partial charge in [-0.05, 0) is 61.7 Å². The molecular weight excluding hydrogens is 414 g/mol. The van der Waals surface area contributed by atoms with E-state index in [0.717, 1.165) is 25.7 Å². The van der Waals surface area contributed by atoms with Gasteiger partial charge < -0.3 is 30.9 Å². The summed E-state index contributed by atoms with van der Waals surface area (Å²) in [5, 5.41) is 41.3. The highest BCUT2D eigenvalue weighted by Gasteiger charge is 2.56.